The number of nitrogens with one attached hydrogen (secondary N) is 2. The van der Waals surface area contributed by atoms with E-state index in [2.05, 4.69) is 33.7 Å². The van der Waals surface area contributed by atoms with E-state index in [1.54, 1.807) is 11.1 Å². The van der Waals surface area contributed by atoms with Crippen molar-refractivity contribution in [3.8, 4) is 6.07 Å². The third-order valence-corrected chi connectivity index (χ3v) is 7.80. The monoisotopic (exact) mass is 565 g/mol. The van der Waals surface area contributed by atoms with E-state index in [1.807, 2.05) is 44.5 Å². The highest BCUT2D eigenvalue weighted by Gasteiger charge is 2.30. The first-order valence-corrected chi connectivity index (χ1v) is 14.3. The van der Waals surface area contributed by atoms with E-state index >= 15 is 0 Å². The summed E-state index contributed by atoms with van der Waals surface area (Å²) in [7, 11) is 1.91. The van der Waals surface area contributed by atoms with Crippen LogP contribution in [-0.2, 0) is 9.53 Å². The van der Waals surface area contributed by atoms with Crippen molar-refractivity contribution >= 4 is 41.1 Å². The Morgan fingerprint density at radius 1 is 1.15 bits per heavy atom. The average molecular weight is 566 g/mol. The molecule has 3 amide bonds. The summed E-state index contributed by atoms with van der Waals surface area (Å²) in [5, 5.41) is 15.7. The number of ether oxygens (including phenoxy) is 1. The minimum absolute atomic E-state index is 0.00608. The first kappa shape index (κ1) is 30.0. The molecule has 3 heterocycles. The number of fused-ring (bicyclic) bond motifs is 1. The van der Waals surface area contributed by atoms with Crippen LogP contribution in [0.5, 0.6) is 0 Å². The molecule has 41 heavy (non-hydrogen) atoms. The highest BCUT2D eigenvalue weighted by atomic mass is 16.6. The molecule has 1 saturated heterocycles. The highest BCUT2D eigenvalue weighted by molar-refractivity contribution is 5.93. The maximum absolute atomic E-state index is 13.2. The number of hydrogen-bond donors (Lipinski definition) is 2. The van der Waals surface area contributed by atoms with Crippen molar-refractivity contribution in [2.45, 2.75) is 83.9 Å². The van der Waals surface area contributed by atoms with Crippen LogP contribution >= 0.6 is 0 Å². The minimum Gasteiger partial charge on any atom is -0.444 e. The number of carbonyl (C=O) groups excluding carboxylic acids is 3. The lowest BCUT2D eigenvalue weighted by atomic mass is 9.87. The Bertz CT molecular complexity index is 1350. The Labute approximate surface area is 240 Å². The van der Waals surface area contributed by atoms with E-state index < -0.39 is 11.7 Å². The third kappa shape index (κ3) is 7.60. The van der Waals surface area contributed by atoms with E-state index in [9.17, 15) is 14.4 Å². The molecule has 0 radical (unpaired) electrons. The summed E-state index contributed by atoms with van der Waals surface area (Å²) in [5.41, 5.74) is -0.0324. The molecule has 0 aromatic carbocycles. The van der Waals surface area contributed by atoms with Gasteiger partial charge in [-0.05, 0) is 69.8 Å². The normalized spacial score (nSPS) is 23.5. The van der Waals surface area contributed by atoms with E-state index in [1.165, 1.54) is 10.9 Å². The fraction of sp³-hybridized carbons (Fsp3) is 0.621. The Hall–Kier alpha value is -4.01. The lowest BCUT2D eigenvalue weighted by Crippen LogP contribution is -2.45. The van der Waals surface area contributed by atoms with Gasteiger partial charge in [-0.2, -0.15) is 10.2 Å². The molecule has 1 aliphatic heterocycles. The topological polar surface area (TPSA) is 145 Å². The molecule has 12 nitrogen and oxygen atoms in total. The smallest absolute Gasteiger partial charge is 0.407 e. The van der Waals surface area contributed by atoms with Gasteiger partial charge >= 0.3 is 17.9 Å². The first-order valence-electron chi connectivity index (χ1n) is 14.3. The quantitative estimate of drug-likeness (QED) is 0.416. The zero-order chi connectivity index (χ0) is 29.7. The zero-order valence-electron chi connectivity index (χ0n) is 24.6. The Morgan fingerprint density at radius 3 is 2.49 bits per heavy atom. The molecular weight excluding hydrogens is 524 g/mol. The summed E-state index contributed by atoms with van der Waals surface area (Å²) in [6.45, 7) is 8.88. The number of nitriles is 1. The second-order valence-corrected chi connectivity index (χ2v) is 12.1. The van der Waals surface area contributed by atoms with E-state index in [4.69, 9.17) is 10.00 Å². The lowest BCUT2D eigenvalue weighted by Gasteiger charge is -2.34. The van der Waals surface area contributed by atoms with Crippen molar-refractivity contribution in [3.63, 3.8) is 0 Å². The summed E-state index contributed by atoms with van der Waals surface area (Å²) in [5.74, 6) is 1.00. The number of carbonyl (C=O) groups is 3. The van der Waals surface area contributed by atoms with Crippen molar-refractivity contribution < 1.29 is 23.7 Å². The molecule has 2 aromatic rings. The van der Waals surface area contributed by atoms with Crippen LogP contribution in [0, 0.1) is 23.2 Å². The molecule has 2 N–H and O–H groups in total. The van der Waals surface area contributed by atoms with Gasteiger partial charge in [-0.15, -0.1) is 0 Å². The van der Waals surface area contributed by atoms with Crippen LogP contribution in [-0.4, -0.2) is 86.1 Å². The molecular formula is C29H41N8O4+. The van der Waals surface area contributed by atoms with Gasteiger partial charge in [0.2, 0.25) is 12.2 Å². The van der Waals surface area contributed by atoms with Gasteiger partial charge in [0, 0.05) is 37.3 Å². The Balaban J connectivity index is 1.40. The summed E-state index contributed by atoms with van der Waals surface area (Å²) >= 11 is 0. The van der Waals surface area contributed by atoms with Crippen LogP contribution in [0.2, 0.25) is 0 Å². The van der Waals surface area contributed by atoms with Gasteiger partial charge in [0.1, 0.15) is 17.4 Å². The van der Waals surface area contributed by atoms with Crippen LogP contribution in [0.15, 0.2) is 18.6 Å². The number of likely N-dealkylation sites (tertiary alicyclic amines) is 1. The summed E-state index contributed by atoms with van der Waals surface area (Å²) in [6, 6.07) is 3.54. The lowest BCUT2D eigenvalue weighted by molar-refractivity contribution is -0.405. The summed E-state index contributed by atoms with van der Waals surface area (Å²) in [4.78, 5) is 48.2. The van der Waals surface area contributed by atoms with Gasteiger partial charge in [0.15, 0.2) is 5.65 Å². The van der Waals surface area contributed by atoms with Crippen molar-refractivity contribution in [2.24, 2.45) is 11.8 Å². The zero-order valence-corrected chi connectivity index (χ0v) is 24.6. The standard InChI is InChI=1S/C29H40N8O4/c1-19-11-14-36(24(38)10-13-30)17-20(19)16-35(5)25-23-12-15-37(26(23)32-18-31-25)27(39)33-21-6-8-22(9-7-21)34-28(40)41-29(2,3)4/h12,15-16,18-22H,6-11,14,17H2,1-5H3,(H-,33,34,39,40)/p+1/t19-,20?,21?,22?/m1/s1. The van der Waals surface area contributed by atoms with Crippen molar-refractivity contribution in [1.82, 2.24) is 30.1 Å². The average Bonchev–Trinajstić information content (AvgIpc) is 3.34. The van der Waals surface area contributed by atoms with Crippen LogP contribution in [0.4, 0.5) is 15.4 Å². The number of nitrogens with zero attached hydrogens (tertiary/aromatic N) is 6. The summed E-state index contributed by atoms with van der Waals surface area (Å²) in [6.07, 6.45) is 8.56. The van der Waals surface area contributed by atoms with E-state index in [0.29, 0.717) is 30.5 Å². The molecule has 0 spiro atoms. The van der Waals surface area contributed by atoms with Gasteiger partial charge in [0.25, 0.3) is 0 Å². The molecule has 12 heteroatoms. The van der Waals surface area contributed by atoms with Gasteiger partial charge in [0.05, 0.1) is 19.3 Å². The molecule has 2 fully saturated rings. The Morgan fingerprint density at radius 2 is 1.83 bits per heavy atom. The number of hydrogen-bond acceptors (Lipinski definition) is 7. The van der Waals surface area contributed by atoms with Crippen LogP contribution in [0.25, 0.3) is 11.0 Å². The molecule has 4 rings (SSSR count). The largest absolute Gasteiger partial charge is 0.444 e. The van der Waals surface area contributed by atoms with E-state index in [-0.39, 0.29) is 36.4 Å². The van der Waals surface area contributed by atoms with Crippen LogP contribution in [0.1, 0.15) is 66.2 Å². The number of piperidine rings is 1. The fourth-order valence-corrected chi connectivity index (χ4v) is 5.54. The predicted molar refractivity (Wildman–Crippen MR) is 153 cm³/mol. The van der Waals surface area contributed by atoms with E-state index in [0.717, 1.165) is 37.5 Å². The number of alkyl carbamates (subject to hydrolysis) is 1. The molecule has 0 bridgehead atoms. The maximum atomic E-state index is 13.2. The van der Waals surface area contributed by atoms with Gasteiger partial charge in [-0.3, -0.25) is 9.36 Å². The number of aromatic nitrogens is 3. The molecule has 2 aliphatic rings. The second-order valence-electron chi connectivity index (χ2n) is 12.1. The van der Waals surface area contributed by atoms with Crippen molar-refractivity contribution in [1.29, 1.82) is 5.26 Å². The number of amides is 3. The van der Waals surface area contributed by atoms with Crippen LogP contribution < -0.4 is 10.6 Å². The number of rotatable bonds is 5. The minimum atomic E-state index is -0.542. The molecule has 220 valence electrons. The Kier molecular flexibility index (Phi) is 9.25. The highest BCUT2D eigenvalue weighted by Crippen LogP contribution is 2.26. The molecule has 2 aromatic heterocycles. The maximum Gasteiger partial charge on any atom is 0.407 e. The molecule has 1 saturated carbocycles. The molecule has 1 aliphatic carbocycles. The van der Waals surface area contributed by atoms with Gasteiger partial charge < -0.3 is 20.3 Å². The third-order valence-electron chi connectivity index (χ3n) is 7.80. The van der Waals surface area contributed by atoms with Crippen molar-refractivity contribution in [3.05, 3.63) is 18.6 Å². The predicted octanol–water partition coefficient (Wildman–Crippen LogP) is 3.57. The van der Waals surface area contributed by atoms with Crippen LogP contribution in [0.3, 0.4) is 0 Å². The van der Waals surface area contributed by atoms with Gasteiger partial charge in [-0.25, -0.2) is 14.2 Å². The first-order chi connectivity index (χ1) is 19.4. The molecule has 1 unspecified atom stereocenters. The van der Waals surface area contributed by atoms with Crippen molar-refractivity contribution in [2.75, 3.05) is 20.1 Å². The fourth-order valence-electron chi connectivity index (χ4n) is 5.54. The summed E-state index contributed by atoms with van der Waals surface area (Å²) < 4.78 is 8.79. The SMILES string of the molecule is C[C@@H]1CCN(C(=O)CC#N)CC1C=[N+](C)c1ncnc2c1ccn2C(=O)NC1CCC(NC(=O)OC(C)(C)C)CC1. The second kappa shape index (κ2) is 12.7. The van der Waals surface area contributed by atoms with Gasteiger partial charge in [-0.1, -0.05) is 6.92 Å². The molecule has 2 atom stereocenters.